The molecule has 0 saturated carbocycles. The van der Waals surface area contributed by atoms with Crippen LogP contribution in [0.4, 0.5) is 0 Å². The lowest BCUT2D eigenvalue weighted by Crippen LogP contribution is -2.03. The van der Waals surface area contributed by atoms with Crippen LogP contribution >= 0.6 is 11.6 Å². The number of hydrogen-bond donors (Lipinski definition) is 0. The standard InChI is InChI=1S/C10H7ClN2O2/c1-15-10(14)6-4-9(11)13-8-2-3-12-5-7(6)8/h2-5H,1H3. The quantitative estimate of drug-likeness (QED) is 0.548. The summed E-state index contributed by atoms with van der Waals surface area (Å²) in [6, 6.07) is 3.16. The van der Waals surface area contributed by atoms with Crippen molar-refractivity contribution in [2.24, 2.45) is 0 Å². The summed E-state index contributed by atoms with van der Waals surface area (Å²) in [6.45, 7) is 0. The summed E-state index contributed by atoms with van der Waals surface area (Å²) in [5, 5.41) is 0.892. The van der Waals surface area contributed by atoms with E-state index >= 15 is 0 Å². The van der Waals surface area contributed by atoms with E-state index in [1.807, 2.05) is 0 Å². The molecule has 0 aromatic carbocycles. The van der Waals surface area contributed by atoms with Crippen molar-refractivity contribution in [3.63, 3.8) is 0 Å². The molecule has 2 rings (SSSR count). The van der Waals surface area contributed by atoms with Crippen molar-refractivity contribution in [3.05, 3.63) is 35.2 Å². The number of aromatic nitrogens is 2. The Morgan fingerprint density at radius 3 is 3.07 bits per heavy atom. The number of pyridine rings is 2. The average molecular weight is 223 g/mol. The highest BCUT2D eigenvalue weighted by molar-refractivity contribution is 6.30. The van der Waals surface area contributed by atoms with Crippen molar-refractivity contribution in [1.29, 1.82) is 0 Å². The first-order valence-corrected chi connectivity index (χ1v) is 4.59. The van der Waals surface area contributed by atoms with Gasteiger partial charge in [0.05, 0.1) is 18.2 Å². The van der Waals surface area contributed by atoms with Gasteiger partial charge in [0, 0.05) is 17.8 Å². The summed E-state index contributed by atoms with van der Waals surface area (Å²) in [4.78, 5) is 19.4. The fraction of sp³-hybridized carbons (Fsp3) is 0.100. The minimum absolute atomic E-state index is 0.258. The number of carbonyl (C=O) groups is 1. The lowest BCUT2D eigenvalue weighted by molar-refractivity contribution is 0.0603. The molecule has 15 heavy (non-hydrogen) atoms. The molecule has 0 aliphatic carbocycles. The minimum Gasteiger partial charge on any atom is -0.465 e. The predicted molar refractivity (Wildman–Crippen MR) is 55.9 cm³/mol. The van der Waals surface area contributed by atoms with Crippen LogP contribution in [0.2, 0.25) is 5.15 Å². The summed E-state index contributed by atoms with van der Waals surface area (Å²) < 4.78 is 4.65. The number of halogens is 1. The molecule has 0 saturated heterocycles. The van der Waals surface area contributed by atoms with E-state index < -0.39 is 5.97 Å². The van der Waals surface area contributed by atoms with E-state index in [2.05, 4.69) is 14.7 Å². The van der Waals surface area contributed by atoms with Gasteiger partial charge in [-0.2, -0.15) is 0 Å². The molecule has 0 unspecified atom stereocenters. The molecule has 0 aliphatic rings. The third-order valence-electron chi connectivity index (χ3n) is 1.98. The minimum atomic E-state index is -0.447. The number of hydrogen-bond acceptors (Lipinski definition) is 4. The van der Waals surface area contributed by atoms with Crippen molar-refractivity contribution < 1.29 is 9.53 Å². The molecule has 2 aromatic rings. The van der Waals surface area contributed by atoms with Crippen molar-refractivity contribution in [3.8, 4) is 0 Å². The average Bonchev–Trinajstić information content (AvgIpc) is 2.26. The number of rotatable bonds is 1. The number of carbonyl (C=O) groups excluding carboxylic acids is 1. The van der Waals surface area contributed by atoms with Crippen LogP contribution in [0, 0.1) is 0 Å². The van der Waals surface area contributed by atoms with Crippen molar-refractivity contribution in [2.75, 3.05) is 7.11 Å². The van der Waals surface area contributed by atoms with E-state index in [0.717, 1.165) is 0 Å². The predicted octanol–water partition coefficient (Wildman–Crippen LogP) is 2.07. The summed E-state index contributed by atoms with van der Waals surface area (Å²) in [6.07, 6.45) is 3.15. The van der Waals surface area contributed by atoms with E-state index in [-0.39, 0.29) is 5.15 Å². The lowest BCUT2D eigenvalue weighted by atomic mass is 10.1. The molecule has 0 spiro atoms. The van der Waals surface area contributed by atoms with E-state index in [0.29, 0.717) is 16.5 Å². The Hall–Kier alpha value is -1.68. The number of fused-ring (bicyclic) bond motifs is 1. The fourth-order valence-corrected chi connectivity index (χ4v) is 1.52. The number of ether oxygens (including phenoxy) is 1. The second-order valence-electron chi connectivity index (χ2n) is 2.88. The highest BCUT2D eigenvalue weighted by Crippen LogP contribution is 2.20. The van der Waals surface area contributed by atoms with Gasteiger partial charge in [-0.1, -0.05) is 11.6 Å². The van der Waals surface area contributed by atoms with Gasteiger partial charge in [0.2, 0.25) is 0 Å². The summed E-state index contributed by atoms with van der Waals surface area (Å²) >= 11 is 5.79. The van der Waals surface area contributed by atoms with Crippen LogP contribution in [0.25, 0.3) is 10.9 Å². The topological polar surface area (TPSA) is 52.1 Å². The van der Waals surface area contributed by atoms with Crippen molar-refractivity contribution >= 4 is 28.5 Å². The zero-order chi connectivity index (χ0) is 10.8. The molecule has 0 aliphatic heterocycles. The molecular weight excluding hydrogens is 216 g/mol. The van der Waals surface area contributed by atoms with Gasteiger partial charge in [0.1, 0.15) is 5.15 Å². The number of nitrogens with zero attached hydrogens (tertiary/aromatic N) is 2. The van der Waals surface area contributed by atoms with Crippen LogP contribution in [-0.2, 0) is 4.74 Å². The maximum absolute atomic E-state index is 11.4. The lowest BCUT2D eigenvalue weighted by Gasteiger charge is -2.03. The van der Waals surface area contributed by atoms with Crippen LogP contribution in [0.5, 0.6) is 0 Å². The molecule has 2 heterocycles. The fourth-order valence-electron chi connectivity index (χ4n) is 1.32. The van der Waals surface area contributed by atoms with Gasteiger partial charge in [-0.25, -0.2) is 9.78 Å². The number of esters is 1. The van der Waals surface area contributed by atoms with Gasteiger partial charge >= 0.3 is 5.97 Å². The second-order valence-corrected chi connectivity index (χ2v) is 3.26. The Kier molecular flexibility index (Phi) is 2.51. The van der Waals surface area contributed by atoms with Gasteiger partial charge in [-0.05, 0) is 12.1 Å². The number of methoxy groups -OCH3 is 1. The molecule has 0 amide bonds. The third kappa shape index (κ3) is 1.76. The van der Waals surface area contributed by atoms with E-state index in [9.17, 15) is 4.79 Å². The SMILES string of the molecule is COC(=O)c1cc(Cl)nc2ccncc12. The first kappa shape index (κ1) is 9.86. The Labute approximate surface area is 90.9 Å². The first-order valence-electron chi connectivity index (χ1n) is 4.21. The molecule has 0 fully saturated rings. The Morgan fingerprint density at radius 2 is 2.33 bits per heavy atom. The van der Waals surface area contributed by atoms with Gasteiger partial charge in [0.25, 0.3) is 0 Å². The highest BCUT2D eigenvalue weighted by atomic mass is 35.5. The van der Waals surface area contributed by atoms with Gasteiger partial charge in [-0.3, -0.25) is 4.98 Å². The van der Waals surface area contributed by atoms with Gasteiger partial charge in [0.15, 0.2) is 0 Å². The first-order chi connectivity index (χ1) is 7.22. The normalized spacial score (nSPS) is 10.3. The Bertz CT molecular complexity index is 528. The third-order valence-corrected chi connectivity index (χ3v) is 2.18. The zero-order valence-corrected chi connectivity index (χ0v) is 8.65. The van der Waals surface area contributed by atoms with E-state index in [1.54, 1.807) is 18.5 Å². The molecule has 0 N–H and O–H groups in total. The summed E-state index contributed by atoms with van der Waals surface area (Å²) in [7, 11) is 1.32. The van der Waals surface area contributed by atoms with Crippen LogP contribution in [0.3, 0.4) is 0 Å². The molecule has 2 aromatic heterocycles. The molecule has 4 nitrogen and oxygen atoms in total. The van der Waals surface area contributed by atoms with Crippen LogP contribution in [-0.4, -0.2) is 23.0 Å². The van der Waals surface area contributed by atoms with E-state index in [1.165, 1.54) is 13.2 Å². The van der Waals surface area contributed by atoms with Crippen molar-refractivity contribution in [2.45, 2.75) is 0 Å². The summed E-state index contributed by atoms with van der Waals surface area (Å²) in [5.74, 6) is -0.447. The van der Waals surface area contributed by atoms with Crippen LogP contribution < -0.4 is 0 Å². The molecule has 0 radical (unpaired) electrons. The summed E-state index contributed by atoms with van der Waals surface area (Å²) in [5.41, 5.74) is 0.999. The molecule has 5 heteroatoms. The van der Waals surface area contributed by atoms with Crippen LogP contribution in [0.15, 0.2) is 24.5 Å². The van der Waals surface area contributed by atoms with Crippen molar-refractivity contribution in [1.82, 2.24) is 9.97 Å². The largest absolute Gasteiger partial charge is 0.465 e. The molecular formula is C10H7ClN2O2. The van der Waals surface area contributed by atoms with Gasteiger partial charge < -0.3 is 4.74 Å². The second kappa shape index (κ2) is 3.82. The Morgan fingerprint density at radius 1 is 1.53 bits per heavy atom. The smallest absolute Gasteiger partial charge is 0.338 e. The monoisotopic (exact) mass is 222 g/mol. The van der Waals surface area contributed by atoms with Gasteiger partial charge in [-0.15, -0.1) is 0 Å². The van der Waals surface area contributed by atoms with Crippen LogP contribution in [0.1, 0.15) is 10.4 Å². The molecule has 0 bridgehead atoms. The highest BCUT2D eigenvalue weighted by Gasteiger charge is 2.12. The maximum Gasteiger partial charge on any atom is 0.338 e. The molecule has 76 valence electrons. The van der Waals surface area contributed by atoms with E-state index in [4.69, 9.17) is 11.6 Å². The molecule has 0 atom stereocenters. The maximum atomic E-state index is 11.4. The zero-order valence-electron chi connectivity index (χ0n) is 7.90. The Balaban J connectivity index is 2.76.